The van der Waals surface area contributed by atoms with Crippen LogP contribution in [0, 0.1) is 11.3 Å². The van der Waals surface area contributed by atoms with Gasteiger partial charge in [-0.15, -0.1) is 0 Å². The standard InChI is InChI=1S/C23H28O8/c1-5-29-19(24)16-10-8-15(9-11-16)12-17-13-23(21(26)30-6-2,22(27)31-7-3)14-18(17)20(25)28-4/h8-12,18H,5-7,13-14H2,1-4H3/b17-12+. The molecule has 8 nitrogen and oxygen atoms in total. The van der Waals surface area contributed by atoms with Crippen molar-refractivity contribution in [2.24, 2.45) is 11.3 Å². The summed E-state index contributed by atoms with van der Waals surface area (Å²) in [6.45, 7) is 5.48. The lowest BCUT2D eigenvalue weighted by molar-refractivity contribution is -0.171. The van der Waals surface area contributed by atoms with Gasteiger partial charge in [-0.1, -0.05) is 23.8 Å². The van der Waals surface area contributed by atoms with E-state index in [9.17, 15) is 19.2 Å². The van der Waals surface area contributed by atoms with Crippen LogP contribution in [0.15, 0.2) is 29.8 Å². The van der Waals surface area contributed by atoms with Crippen LogP contribution in [0.2, 0.25) is 0 Å². The summed E-state index contributed by atoms with van der Waals surface area (Å²) in [5, 5.41) is 0. The van der Waals surface area contributed by atoms with Crippen LogP contribution in [0.1, 0.15) is 49.5 Å². The minimum Gasteiger partial charge on any atom is -0.469 e. The first kappa shape index (κ1) is 24.1. The van der Waals surface area contributed by atoms with Gasteiger partial charge in [-0.25, -0.2) is 4.79 Å². The van der Waals surface area contributed by atoms with Crippen LogP contribution in [-0.2, 0) is 33.3 Å². The third-order valence-corrected chi connectivity index (χ3v) is 5.10. The lowest BCUT2D eigenvalue weighted by Crippen LogP contribution is -2.40. The monoisotopic (exact) mass is 432 g/mol. The summed E-state index contributed by atoms with van der Waals surface area (Å²) in [6.07, 6.45) is 1.60. The topological polar surface area (TPSA) is 105 Å². The van der Waals surface area contributed by atoms with Gasteiger partial charge < -0.3 is 18.9 Å². The number of ether oxygens (including phenoxy) is 4. The first-order chi connectivity index (χ1) is 14.8. The molecule has 1 aromatic carbocycles. The van der Waals surface area contributed by atoms with Crippen molar-refractivity contribution < 1.29 is 38.1 Å². The number of carbonyl (C=O) groups is 4. The van der Waals surface area contributed by atoms with Crippen molar-refractivity contribution >= 4 is 30.0 Å². The summed E-state index contributed by atoms with van der Waals surface area (Å²) in [6, 6.07) is 6.61. The fraction of sp³-hybridized carbons (Fsp3) is 0.478. The number of carbonyl (C=O) groups excluding carboxylic acids is 4. The van der Waals surface area contributed by atoms with Crippen molar-refractivity contribution in [2.45, 2.75) is 33.6 Å². The SMILES string of the molecule is CCOC(=O)c1ccc(/C=C2\CC(C(=O)OCC)(C(=O)OCC)CC2C(=O)OC)cc1. The molecule has 0 saturated heterocycles. The first-order valence-corrected chi connectivity index (χ1v) is 10.2. The maximum Gasteiger partial charge on any atom is 0.338 e. The van der Waals surface area contributed by atoms with Crippen molar-refractivity contribution in [3.63, 3.8) is 0 Å². The molecule has 8 heteroatoms. The van der Waals surface area contributed by atoms with E-state index in [1.807, 2.05) is 0 Å². The zero-order valence-electron chi connectivity index (χ0n) is 18.3. The van der Waals surface area contributed by atoms with E-state index in [-0.39, 0.29) is 32.7 Å². The van der Waals surface area contributed by atoms with E-state index >= 15 is 0 Å². The summed E-state index contributed by atoms with van der Waals surface area (Å²) < 4.78 is 20.2. The van der Waals surface area contributed by atoms with Gasteiger partial charge in [0.1, 0.15) is 0 Å². The molecular formula is C23H28O8. The highest BCUT2D eigenvalue weighted by Gasteiger charge is 2.57. The van der Waals surface area contributed by atoms with E-state index < -0.39 is 35.2 Å². The van der Waals surface area contributed by atoms with E-state index in [1.54, 1.807) is 51.1 Å². The Morgan fingerprint density at radius 2 is 1.48 bits per heavy atom. The van der Waals surface area contributed by atoms with Crippen LogP contribution in [0.5, 0.6) is 0 Å². The van der Waals surface area contributed by atoms with E-state index in [0.717, 1.165) is 0 Å². The maximum absolute atomic E-state index is 12.8. The molecule has 1 aliphatic rings. The Morgan fingerprint density at radius 1 is 0.935 bits per heavy atom. The summed E-state index contributed by atoms with van der Waals surface area (Å²) in [7, 11) is 1.25. The predicted molar refractivity (Wildman–Crippen MR) is 111 cm³/mol. The molecule has 1 unspecified atom stereocenters. The van der Waals surface area contributed by atoms with Crippen molar-refractivity contribution in [3.8, 4) is 0 Å². The smallest absolute Gasteiger partial charge is 0.338 e. The van der Waals surface area contributed by atoms with Gasteiger partial charge >= 0.3 is 23.9 Å². The summed E-state index contributed by atoms with van der Waals surface area (Å²) in [4.78, 5) is 49.8. The second-order valence-electron chi connectivity index (χ2n) is 7.04. The van der Waals surface area contributed by atoms with Crippen LogP contribution in [0.3, 0.4) is 0 Å². The highest BCUT2D eigenvalue weighted by molar-refractivity contribution is 6.02. The molecule has 0 heterocycles. The molecule has 0 spiro atoms. The van der Waals surface area contributed by atoms with E-state index in [2.05, 4.69) is 0 Å². The summed E-state index contributed by atoms with van der Waals surface area (Å²) in [5.41, 5.74) is 0.0336. The van der Waals surface area contributed by atoms with Crippen LogP contribution in [0.25, 0.3) is 6.08 Å². The van der Waals surface area contributed by atoms with Gasteiger partial charge in [-0.05, 0) is 51.3 Å². The molecule has 0 bridgehead atoms. The van der Waals surface area contributed by atoms with E-state index in [1.165, 1.54) is 7.11 Å². The van der Waals surface area contributed by atoms with Crippen molar-refractivity contribution in [1.82, 2.24) is 0 Å². The van der Waals surface area contributed by atoms with Gasteiger partial charge in [-0.2, -0.15) is 0 Å². The van der Waals surface area contributed by atoms with Crippen molar-refractivity contribution in [1.29, 1.82) is 0 Å². The molecule has 2 rings (SSSR count). The van der Waals surface area contributed by atoms with Crippen LogP contribution >= 0.6 is 0 Å². The lowest BCUT2D eigenvalue weighted by Gasteiger charge is -2.24. The number of rotatable bonds is 8. The Hall–Kier alpha value is -3.16. The third kappa shape index (κ3) is 5.31. The molecule has 1 atom stereocenters. The number of esters is 4. The molecule has 0 amide bonds. The summed E-state index contributed by atoms with van der Waals surface area (Å²) >= 11 is 0. The molecule has 1 fully saturated rings. The average molecular weight is 432 g/mol. The Bertz CT molecular complexity index is 835. The summed E-state index contributed by atoms with van der Waals surface area (Å²) in [5.74, 6) is -3.22. The molecule has 1 aliphatic carbocycles. The normalized spacial score (nSPS) is 18.3. The van der Waals surface area contributed by atoms with Gasteiger partial charge in [-0.3, -0.25) is 14.4 Å². The second kappa shape index (κ2) is 10.7. The number of hydrogen-bond acceptors (Lipinski definition) is 8. The van der Waals surface area contributed by atoms with Gasteiger partial charge in [0.15, 0.2) is 5.41 Å². The molecule has 31 heavy (non-hydrogen) atoms. The van der Waals surface area contributed by atoms with Crippen LogP contribution < -0.4 is 0 Å². The highest BCUT2D eigenvalue weighted by Crippen LogP contribution is 2.48. The van der Waals surface area contributed by atoms with Gasteiger partial charge in [0.05, 0.1) is 38.4 Å². The molecular weight excluding hydrogens is 404 g/mol. The molecule has 0 radical (unpaired) electrons. The Labute approximate surface area is 181 Å². The minimum atomic E-state index is -1.61. The highest BCUT2D eigenvalue weighted by atomic mass is 16.6. The second-order valence-corrected chi connectivity index (χ2v) is 7.04. The quantitative estimate of drug-likeness (QED) is 0.351. The number of benzene rings is 1. The lowest BCUT2D eigenvalue weighted by atomic mass is 9.85. The molecule has 0 N–H and O–H groups in total. The minimum absolute atomic E-state index is 0.0237. The van der Waals surface area contributed by atoms with Crippen LogP contribution in [0.4, 0.5) is 0 Å². The van der Waals surface area contributed by atoms with Crippen molar-refractivity contribution in [3.05, 3.63) is 41.0 Å². The number of methoxy groups -OCH3 is 1. The predicted octanol–water partition coefficient (Wildman–Crippen LogP) is 2.94. The largest absolute Gasteiger partial charge is 0.469 e. The molecule has 1 saturated carbocycles. The van der Waals surface area contributed by atoms with Gasteiger partial charge in [0, 0.05) is 0 Å². The average Bonchev–Trinajstić information content (AvgIpc) is 3.15. The van der Waals surface area contributed by atoms with Crippen molar-refractivity contribution in [2.75, 3.05) is 26.9 Å². The molecule has 0 aromatic heterocycles. The molecule has 0 aliphatic heterocycles. The van der Waals surface area contributed by atoms with Crippen LogP contribution in [-0.4, -0.2) is 50.8 Å². The fourth-order valence-electron chi connectivity index (χ4n) is 3.63. The Kier molecular flexibility index (Phi) is 8.36. The number of hydrogen-bond donors (Lipinski definition) is 0. The first-order valence-electron chi connectivity index (χ1n) is 10.2. The third-order valence-electron chi connectivity index (χ3n) is 5.10. The Morgan fingerprint density at radius 3 is 1.97 bits per heavy atom. The van der Waals surface area contributed by atoms with Gasteiger partial charge in [0.2, 0.25) is 0 Å². The maximum atomic E-state index is 12.8. The van der Waals surface area contributed by atoms with Gasteiger partial charge in [0.25, 0.3) is 0 Å². The zero-order valence-corrected chi connectivity index (χ0v) is 18.3. The Balaban J connectivity index is 2.43. The van der Waals surface area contributed by atoms with E-state index in [0.29, 0.717) is 16.7 Å². The zero-order chi connectivity index (χ0) is 23.0. The molecule has 1 aromatic rings. The van der Waals surface area contributed by atoms with E-state index in [4.69, 9.17) is 18.9 Å². The fourth-order valence-corrected chi connectivity index (χ4v) is 3.63. The molecule has 168 valence electrons.